The van der Waals surface area contributed by atoms with Crippen molar-refractivity contribution in [2.24, 2.45) is 5.41 Å². The molecule has 0 saturated heterocycles. The molecule has 27 heavy (non-hydrogen) atoms. The molecule has 0 radical (unpaired) electrons. The molecule has 0 heterocycles. The zero-order chi connectivity index (χ0) is 20.3. The molecule has 1 amide bonds. The monoisotopic (exact) mass is 377 g/mol. The largest absolute Gasteiger partial charge is 0.493 e. The highest BCUT2D eigenvalue weighted by Gasteiger charge is 2.32. The Labute approximate surface area is 163 Å². The van der Waals surface area contributed by atoms with Crippen molar-refractivity contribution < 1.29 is 19.4 Å². The first-order valence-electron chi connectivity index (χ1n) is 9.83. The van der Waals surface area contributed by atoms with Crippen LogP contribution in [0.4, 0.5) is 4.79 Å². The average molecular weight is 378 g/mol. The van der Waals surface area contributed by atoms with E-state index in [9.17, 15) is 9.90 Å². The van der Waals surface area contributed by atoms with Gasteiger partial charge in [0, 0.05) is 5.41 Å². The van der Waals surface area contributed by atoms with E-state index < -0.39 is 23.3 Å². The minimum atomic E-state index is -1.14. The number of benzene rings is 1. The van der Waals surface area contributed by atoms with Crippen LogP contribution in [0, 0.1) is 5.41 Å². The summed E-state index contributed by atoms with van der Waals surface area (Å²) in [6.45, 7) is 11.8. The van der Waals surface area contributed by atoms with Crippen molar-refractivity contribution in [3.05, 3.63) is 29.8 Å². The van der Waals surface area contributed by atoms with Crippen LogP contribution in [-0.2, 0) is 4.74 Å². The maximum Gasteiger partial charge on any atom is 0.408 e. The molecule has 1 saturated carbocycles. The maximum absolute atomic E-state index is 12.2. The fourth-order valence-corrected chi connectivity index (χ4v) is 3.48. The number of hydrogen-bond donors (Lipinski definition) is 2. The van der Waals surface area contributed by atoms with Crippen molar-refractivity contribution in [1.29, 1.82) is 0 Å². The van der Waals surface area contributed by atoms with Gasteiger partial charge in [-0.2, -0.15) is 0 Å². The van der Waals surface area contributed by atoms with Crippen molar-refractivity contribution in [3.8, 4) is 5.75 Å². The Morgan fingerprint density at radius 1 is 1.15 bits per heavy atom. The summed E-state index contributed by atoms with van der Waals surface area (Å²) in [5.41, 5.74) is -0.668. The van der Waals surface area contributed by atoms with Crippen LogP contribution in [0.1, 0.15) is 78.8 Å². The molecule has 2 rings (SSSR count). The molecule has 1 aliphatic rings. The molecule has 0 spiro atoms. The summed E-state index contributed by atoms with van der Waals surface area (Å²) in [6.07, 6.45) is 4.44. The van der Waals surface area contributed by atoms with E-state index in [1.165, 1.54) is 25.7 Å². The lowest BCUT2D eigenvalue weighted by Crippen LogP contribution is -2.44. The molecule has 0 unspecified atom stereocenters. The van der Waals surface area contributed by atoms with E-state index in [0.29, 0.717) is 0 Å². The van der Waals surface area contributed by atoms with E-state index in [2.05, 4.69) is 12.2 Å². The van der Waals surface area contributed by atoms with Gasteiger partial charge in [0.05, 0.1) is 18.2 Å². The van der Waals surface area contributed by atoms with Gasteiger partial charge in [0.2, 0.25) is 0 Å². The number of rotatable bonds is 6. The molecule has 1 atom stereocenters. The van der Waals surface area contributed by atoms with E-state index in [1.54, 1.807) is 13.8 Å². The van der Waals surface area contributed by atoms with Gasteiger partial charge in [-0.1, -0.05) is 31.9 Å². The minimum Gasteiger partial charge on any atom is -0.493 e. The minimum absolute atomic E-state index is 0.270. The molecular weight excluding hydrogens is 342 g/mol. The molecule has 1 aliphatic carbocycles. The number of amides is 1. The smallest absolute Gasteiger partial charge is 0.408 e. The Balaban J connectivity index is 2.04. The summed E-state index contributed by atoms with van der Waals surface area (Å²) >= 11 is 0. The second-order valence-corrected chi connectivity index (χ2v) is 9.61. The zero-order valence-electron chi connectivity index (χ0n) is 17.6. The summed E-state index contributed by atoms with van der Waals surface area (Å²) in [4.78, 5) is 12.2. The summed E-state index contributed by atoms with van der Waals surface area (Å²) in [7, 11) is 0. The Morgan fingerprint density at radius 3 is 2.19 bits per heavy atom. The van der Waals surface area contributed by atoms with Gasteiger partial charge in [0.1, 0.15) is 11.4 Å². The van der Waals surface area contributed by atoms with Crippen molar-refractivity contribution in [2.75, 3.05) is 6.61 Å². The lowest BCUT2D eigenvalue weighted by atomic mass is 9.90. The van der Waals surface area contributed by atoms with Gasteiger partial charge < -0.3 is 19.9 Å². The average Bonchev–Trinajstić information content (AvgIpc) is 2.96. The predicted molar refractivity (Wildman–Crippen MR) is 107 cm³/mol. The number of aliphatic hydroxyl groups is 1. The van der Waals surface area contributed by atoms with E-state index in [-0.39, 0.29) is 5.41 Å². The Morgan fingerprint density at radius 2 is 1.70 bits per heavy atom. The number of carbonyl (C=O) groups is 1. The van der Waals surface area contributed by atoms with Crippen molar-refractivity contribution in [1.82, 2.24) is 5.32 Å². The van der Waals surface area contributed by atoms with Crippen molar-refractivity contribution in [2.45, 2.75) is 84.5 Å². The second kappa shape index (κ2) is 8.09. The van der Waals surface area contributed by atoms with Crippen molar-refractivity contribution >= 4 is 6.09 Å². The molecule has 0 aliphatic heterocycles. The summed E-state index contributed by atoms with van der Waals surface area (Å²) in [6, 6.07) is 6.96. The van der Waals surface area contributed by atoms with Gasteiger partial charge in [-0.15, -0.1) is 0 Å². The SMILES string of the molecule is CC1(COc2ccc([C@@H](NC(=O)OC(C)(C)C)C(C)(C)O)cc2)CCCC1. The lowest BCUT2D eigenvalue weighted by Gasteiger charge is -2.31. The van der Waals surface area contributed by atoms with Gasteiger partial charge in [-0.05, 0) is 65.2 Å². The summed E-state index contributed by atoms with van der Waals surface area (Å²) in [5, 5.41) is 13.3. The van der Waals surface area contributed by atoms with Crippen LogP contribution in [0.15, 0.2) is 24.3 Å². The first-order valence-corrected chi connectivity index (χ1v) is 9.83. The summed E-state index contributed by atoms with van der Waals surface area (Å²) in [5.74, 6) is 0.804. The highest BCUT2D eigenvalue weighted by molar-refractivity contribution is 5.68. The van der Waals surface area contributed by atoms with Crippen LogP contribution in [-0.4, -0.2) is 29.0 Å². The van der Waals surface area contributed by atoms with Gasteiger partial charge in [0.15, 0.2) is 0 Å². The van der Waals surface area contributed by atoms with Crippen LogP contribution >= 0.6 is 0 Å². The maximum atomic E-state index is 12.2. The highest BCUT2D eigenvalue weighted by Crippen LogP contribution is 2.38. The number of ether oxygens (including phenoxy) is 2. The van der Waals surface area contributed by atoms with Crippen LogP contribution in [0.25, 0.3) is 0 Å². The predicted octanol–water partition coefficient (Wildman–Crippen LogP) is 4.98. The van der Waals surface area contributed by atoms with E-state index in [1.807, 2.05) is 45.0 Å². The van der Waals surface area contributed by atoms with Crippen molar-refractivity contribution in [3.63, 3.8) is 0 Å². The molecule has 1 aromatic rings. The molecule has 0 aromatic heterocycles. The first kappa shape index (κ1) is 21.5. The van der Waals surface area contributed by atoms with Crippen LogP contribution in [0.5, 0.6) is 5.75 Å². The van der Waals surface area contributed by atoms with Crippen LogP contribution < -0.4 is 10.1 Å². The van der Waals surface area contributed by atoms with Gasteiger partial charge in [-0.3, -0.25) is 0 Å². The van der Waals surface area contributed by atoms with Gasteiger partial charge >= 0.3 is 6.09 Å². The molecule has 1 aromatic carbocycles. The molecule has 152 valence electrons. The highest BCUT2D eigenvalue weighted by atomic mass is 16.6. The van der Waals surface area contributed by atoms with Crippen LogP contribution in [0.3, 0.4) is 0 Å². The Bertz CT molecular complexity index is 619. The van der Waals surface area contributed by atoms with E-state index in [0.717, 1.165) is 17.9 Å². The normalized spacial score (nSPS) is 18.0. The van der Waals surface area contributed by atoms with Gasteiger partial charge in [0.25, 0.3) is 0 Å². The molecule has 5 heteroatoms. The Kier molecular flexibility index (Phi) is 6.46. The number of alkyl carbamates (subject to hydrolysis) is 1. The van der Waals surface area contributed by atoms with Gasteiger partial charge in [-0.25, -0.2) is 4.79 Å². The third-order valence-electron chi connectivity index (χ3n) is 4.98. The number of hydrogen-bond acceptors (Lipinski definition) is 4. The number of carbonyl (C=O) groups excluding carboxylic acids is 1. The summed E-state index contributed by atoms with van der Waals surface area (Å²) < 4.78 is 11.3. The molecule has 2 N–H and O–H groups in total. The fourth-order valence-electron chi connectivity index (χ4n) is 3.48. The zero-order valence-corrected chi connectivity index (χ0v) is 17.6. The molecular formula is C22H35NO4. The third-order valence-corrected chi connectivity index (χ3v) is 4.98. The Hall–Kier alpha value is -1.75. The second-order valence-electron chi connectivity index (χ2n) is 9.61. The van der Waals surface area contributed by atoms with Crippen LogP contribution in [0.2, 0.25) is 0 Å². The fraction of sp³-hybridized carbons (Fsp3) is 0.682. The molecule has 1 fully saturated rings. The van der Waals surface area contributed by atoms with E-state index >= 15 is 0 Å². The third kappa shape index (κ3) is 6.73. The number of nitrogens with one attached hydrogen (secondary N) is 1. The van der Waals surface area contributed by atoms with E-state index in [4.69, 9.17) is 9.47 Å². The molecule has 5 nitrogen and oxygen atoms in total. The quantitative estimate of drug-likeness (QED) is 0.733. The molecule has 0 bridgehead atoms. The topological polar surface area (TPSA) is 67.8 Å². The lowest BCUT2D eigenvalue weighted by molar-refractivity contribution is 0.0163. The first-order chi connectivity index (χ1) is 12.4. The standard InChI is InChI=1S/C22H35NO4/c1-20(2,3)27-19(24)23-18(21(4,5)25)16-9-11-17(12-10-16)26-15-22(6)13-7-8-14-22/h9-12,18,25H,7-8,13-15H2,1-6H3,(H,23,24)/t18-/m1/s1.